The molecule has 1 aromatic heterocycles. The van der Waals surface area contributed by atoms with Crippen molar-refractivity contribution in [2.24, 2.45) is 5.73 Å². The second kappa shape index (κ2) is 6.12. The molecule has 18 heavy (non-hydrogen) atoms. The molecule has 0 aliphatic carbocycles. The molecule has 2 rings (SSSR count). The molecule has 0 fully saturated rings. The number of rotatable bonds is 5. The minimum atomic E-state index is -0.253. The fourth-order valence-electron chi connectivity index (χ4n) is 1.71. The Bertz CT molecular complexity index is 500. The van der Waals surface area contributed by atoms with E-state index in [0.29, 0.717) is 25.2 Å². The summed E-state index contributed by atoms with van der Waals surface area (Å²) >= 11 is 0. The number of nitrogens with zero attached hydrogens (tertiary/aromatic N) is 1. The lowest BCUT2D eigenvalue weighted by atomic mass is 10.1. The zero-order valence-electron chi connectivity index (χ0n) is 10.1. The molecule has 4 heteroatoms. The fourth-order valence-corrected chi connectivity index (χ4v) is 1.71. The van der Waals surface area contributed by atoms with Crippen molar-refractivity contribution in [3.05, 3.63) is 59.7 Å². The number of benzene rings is 1. The van der Waals surface area contributed by atoms with E-state index in [4.69, 9.17) is 5.73 Å². The highest BCUT2D eigenvalue weighted by molar-refractivity contribution is 5.46. The molecule has 1 heterocycles. The van der Waals surface area contributed by atoms with Gasteiger partial charge in [-0.1, -0.05) is 12.1 Å². The number of nitrogens with two attached hydrogens (primary N) is 1. The van der Waals surface area contributed by atoms with Crippen LogP contribution in [-0.2, 0) is 13.0 Å². The largest absolute Gasteiger partial charge is 0.377 e. The van der Waals surface area contributed by atoms with Crippen LogP contribution >= 0.6 is 0 Å². The summed E-state index contributed by atoms with van der Waals surface area (Å²) in [6.45, 7) is 1.04. The van der Waals surface area contributed by atoms with Crippen LogP contribution in [0.25, 0.3) is 0 Å². The Labute approximate surface area is 106 Å². The van der Waals surface area contributed by atoms with E-state index < -0.39 is 0 Å². The average Bonchev–Trinajstić information content (AvgIpc) is 2.39. The number of halogens is 1. The zero-order valence-corrected chi connectivity index (χ0v) is 10.1. The van der Waals surface area contributed by atoms with Crippen LogP contribution in [0, 0.1) is 5.82 Å². The van der Waals surface area contributed by atoms with Crippen LogP contribution in [-0.4, -0.2) is 11.5 Å². The van der Waals surface area contributed by atoms with E-state index in [2.05, 4.69) is 10.3 Å². The van der Waals surface area contributed by atoms with Crippen molar-refractivity contribution in [3.63, 3.8) is 0 Å². The van der Waals surface area contributed by atoms with Crippen LogP contribution in [0.1, 0.15) is 11.3 Å². The summed E-state index contributed by atoms with van der Waals surface area (Å²) in [4.78, 5) is 4.17. The molecule has 0 bridgehead atoms. The maximum atomic E-state index is 13.8. The van der Waals surface area contributed by atoms with Crippen LogP contribution in [0.3, 0.4) is 0 Å². The Morgan fingerprint density at radius 2 is 2.11 bits per heavy atom. The maximum Gasteiger partial charge on any atom is 0.146 e. The smallest absolute Gasteiger partial charge is 0.146 e. The molecule has 0 amide bonds. The molecule has 0 saturated carbocycles. The van der Waals surface area contributed by atoms with Crippen LogP contribution in [0.4, 0.5) is 10.1 Å². The molecule has 0 aliphatic heterocycles. The van der Waals surface area contributed by atoms with E-state index >= 15 is 0 Å². The predicted molar refractivity (Wildman–Crippen MR) is 70.7 cm³/mol. The van der Waals surface area contributed by atoms with Gasteiger partial charge in [-0.05, 0) is 42.8 Å². The van der Waals surface area contributed by atoms with Gasteiger partial charge in [0.15, 0.2) is 0 Å². The number of anilines is 1. The Morgan fingerprint density at radius 3 is 2.78 bits per heavy atom. The van der Waals surface area contributed by atoms with Gasteiger partial charge >= 0.3 is 0 Å². The molecule has 3 N–H and O–H groups in total. The van der Waals surface area contributed by atoms with E-state index in [-0.39, 0.29) is 5.82 Å². The van der Waals surface area contributed by atoms with Gasteiger partial charge in [0.2, 0.25) is 0 Å². The highest BCUT2D eigenvalue weighted by Gasteiger charge is 2.03. The van der Waals surface area contributed by atoms with Gasteiger partial charge in [-0.15, -0.1) is 0 Å². The van der Waals surface area contributed by atoms with Gasteiger partial charge in [0.05, 0.1) is 17.9 Å². The quantitative estimate of drug-likeness (QED) is 0.850. The standard InChI is InChI=1S/C14H16FN3/c15-13-9-11(6-7-16)4-5-14(13)18-10-12-3-1-2-8-17-12/h1-5,8-9,18H,6-7,10,16H2. The average molecular weight is 245 g/mol. The number of hydrogen-bond acceptors (Lipinski definition) is 3. The summed E-state index contributed by atoms with van der Waals surface area (Å²) in [6, 6.07) is 10.8. The van der Waals surface area contributed by atoms with Crippen LogP contribution in [0.5, 0.6) is 0 Å². The SMILES string of the molecule is NCCc1ccc(NCc2ccccn2)c(F)c1. The van der Waals surface area contributed by atoms with Gasteiger partial charge in [0, 0.05) is 6.20 Å². The molecule has 1 aromatic carbocycles. The molecule has 0 radical (unpaired) electrons. The molecule has 0 saturated heterocycles. The summed E-state index contributed by atoms with van der Waals surface area (Å²) in [5.41, 5.74) is 7.72. The van der Waals surface area contributed by atoms with Crippen molar-refractivity contribution in [2.75, 3.05) is 11.9 Å². The van der Waals surface area contributed by atoms with E-state index in [9.17, 15) is 4.39 Å². The lowest BCUT2D eigenvalue weighted by Crippen LogP contribution is -2.05. The number of pyridine rings is 1. The van der Waals surface area contributed by atoms with Gasteiger partial charge < -0.3 is 11.1 Å². The van der Waals surface area contributed by atoms with Crippen LogP contribution in [0.15, 0.2) is 42.6 Å². The normalized spacial score (nSPS) is 10.3. The van der Waals surface area contributed by atoms with Crippen molar-refractivity contribution in [2.45, 2.75) is 13.0 Å². The van der Waals surface area contributed by atoms with Crippen LogP contribution in [0.2, 0.25) is 0 Å². The second-order valence-electron chi connectivity index (χ2n) is 4.03. The Kier molecular flexibility index (Phi) is 4.25. The molecule has 0 spiro atoms. The second-order valence-corrected chi connectivity index (χ2v) is 4.03. The molecule has 0 aliphatic rings. The monoisotopic (exact) mass is 245 g/mol. The third-order valence-corrected chi connectivity index (χ3v) is 2.65. The van der Waals surface area contributed by atoms with E-state index in [1.165, 1.54) is 6.07 Å². The summed E-state index contributed by atoms with van der Waals surface area (Å²) in [5.74, 6) is -0.253. The first-order chi connectivity index (χ1) is 8.79. The molecule has 2 aromatic rings. The first-order valence-corrected chi connectivity index (χ1v) is 5.92. The highest BCUT2D eigenvalue weighted by Crippen LogP contribution is 2.16. The third kappa shape index (κ3) is 3.28. The molecule has 0 unspecified atom stereocenters. The fraction of sp³-hybridized carbons (Fsp3) is 0.214. The minimum absolute atomic E-state index is 0.253. The summed E-state index contributed by atoms with van der Waals surface area (Å²) < 4.78 is 13.8. The van der Waals surface area contributed by atoms with Gasteiger partial charge in [0.25, 0.3) is 0 Å². The third-order valence-electron chi connectivity index (χ3n) is 2.65. The van der Waals surface area contributed by atoms with Gasteiger partial charge in [0.1, 0.15) is 5.82 Å². The van der Waals surface area contributed by atoms with Gasteiger partial charge in [-0.2, -0.15) is 0 Å². The Morgan fingerprint density at radius 1 is 1.22 bits per heavy atom. The topological polar surface area (TPSA) is 50.9 Å². The Balaban J connectivity index is 2.01. The summed E-state index contributed by atoms with van der Waals surface area (Å²) in [5, 5.41) is 3.03. The van der Waals surface area contributed by atoms with E-state index in [1.807, 2.05) is 24.3 Å². The van der Waals surface area contributed by atoms with Crippen molar-refractivity contribution in [3.8, 4) is 0 Å². The minimum Gasteiger partial charge on any atom is -0.377 e. The first-order valence-electron chi connectivity index (χ1n) is 5.92. The molecule has 94 valence electrons. The van der Waals surface area contributed by atoms with Gasteiger partial charge in [-0.25, -0.2) is 4.39 Å². The first kappa shape index (κ1) is 12.5. The lowest BCUT2D eigenvalue weighted by molar-refractivity contribution is 0.627. The van der Waals surface area contributed by atoms with Crippen molar-refractivity contribution >= 4 is 5.69 Å². The molecular weight excluding hydrogens is 229 g/mol. The summed E-state index contributed by atoms with van der Waals surface area (Å²) in [7, 11) is 0. The number of aromatic nitrogens is 1. The van der Waals surface area contributed by atoms with E-state index in [0.717, 1.165) is 11.3 Å². The van der Waals surface area contributed by atoms with Crippen molar-refractivity contribution < 1.29 is 4.39 Å². The Hall–Kier alpha value is -1.94. The lowest BCUT2D eigenvalue weighted by Gasteiger charge is -2.08. The number of nitrogens with one attached hydrogen (secondary N) is 1. The molecule has 0 atom stereocenters. The highest BCUT2D eigenvalue weighted by atomic mass is 19.1. The van der Waals surface area contributed by atoms with Crippen molar-refractivity contribution in [1.82, 2.24) is 4.98 Å². The maximum absolute atomic E-state index is 13.8. The summed E-state index contributed by atoms with van der Waals surface area (Å²) in [6.07, 6.45) is 2.41. The van der Waals surface area contributed by atoms with E-state index in [1.54, 1.807) is 12.3 Å². The predicted octanol–water partition coefficient (Wildman–Crippen LogP) is 2.33. The van der Waals surface area contributed by atoms with Crippen LogP contribution < -0.4 is 11.1 Å². The zero-order chi connectivity index (χ0) is 12.8. The van der Waals surface area contributed by atoms with Gasteiger partial charge in [-0.3, -0.25) is 4.98 Å². The number of hydrogen-bond donors (Lipinski definition) is 2. The molecule has 3 nitrogen and oxygen atoms in total. The van der Waals surface area contributed by atoms with Crippen molar-refractivity contribution in [1.29, 1.82) is 0 Å². The molecular formula is C14H16FN3.